The smallest absolute Gasteiger partial charge is 0.224 e. The van der Waals surface area contributed by atoms with Gasteiger partial charge in [0, 0.05) is 12.1 Å². The minimum atomic E-state index is 0.00170. The second-order valence-electron chi connectivity index (χ2n) is 7.00. The van der Waals surface area contributed by atoms with Crippen LogP contribution in [-0.2, 0) is 10.2 Å². The average molecular weight is 341 g/mol. The highest BCUT2D eigenvalue weighted by Gasteiger charge is 2.13. The number of benzene rings is 2. The molecule has 0 aliphatic heterocycles. The lowest BCUT2D eigenvalue weighted by Crippen LogP contribution is -2.14. The van der Waals surface area contributed by atoms with E-state index < -0.39 is 0 Å². The third-order valence-electron chi connectivity index (χ3n) is 3.91. The molecule has 0 spiro atoms. The average Bonchev–Trinajstić information content (AvgIpc) is 2.59. The van der Waals surface area contributed by atoms with E-state index in [0.29, 0.717) is 19.4 Å². The van der Waals surface area contributed by atoms with E-state index in [1.807, 2.05) is 36.4 Å². The number of nitrogens with one attached hydrogen (secondary N) is 1. The van der Waals surface area contributed by atoms with Crippen molar-refractivity contribution < 1.29 is 14.3 Å². The Morgan fingerprint density at radius 2 is 1.56 bits per heavy atom. The van der Waals surface area contributed by atoms with Crippen molar-refractivity contribution in [3.63, 3.8) is 0 Å². The maximum absolute atomic E-state index is 12.0. The molecule has 0 aromatic heterocycles. The summed E-state index contributed by atoms with van der Waals surface area (Å²) < 4.78 is 10.7. The second-order valence-corrected chi connectivity index (χ2v) is 7.00. The molecule has 2 rings (SSSR count). The van der Waals surface area contributed by atoms with Crippen LogP contribution in [0.15, 0.2) is 48.5 Å². The molecule has 4 nitrogen and oxygen atoms in total. The summed E-state index contributed by atoms with van der Waals surface area (Å²) in [5.41, 5.74) is 2.19. The lowest BCUT2D eigenvalue weighted by Gasteiger charge is -2.19. The van der Waals surface area contributed by atoms with Crippen molar-refractivity contribution in [3.8, 4) is 11.5 Å². The highest BCUT2D eigenvalue weighted by molar-refractivity contribution is 5.90. The van der Waals surface area contributed by atoms with Gasteiger partial charge in [-0.05, 0) is 53.8 Å². The van der Waals surface area contributed by atoms with Crippen LogP contribution in [0.4, 0.5) is 5.69 Å². The van der Waals surface area contributed by atoms with Crippen molar-refractivity contribution in [2.24, 2.45) is 0 Å². The van der Waals surface area contributed by atoms with Crippen LogP contribution in [0.1, 0.15) is 39.2 Å². The first-order valence-electron chi connectivity index (χ1n) is 8.56. The van der Waals surface area contributed by atoms with Crippen LogP contribution in [0.25, 0.3) is 0 Å². The summed E-state index contributed by atoms with van der Waals surface area (Å²) in [4.78, 5) is 12.0. The Balaban J connectivity index is 1.71. The summed E-state index contributed by atoms with van der Waals surface area (Å²) in [6.07, 6.45) is 1.09. The molecule has 0 saturated heterocycles. The minimum absolute atomic E-state index is 0.00170. The standard InChI is InChI=1S/C21H27NO3/c1-21(2,3)16-7-9-17(10-8-16)22-20(23)6-5-15-25-19-13-11-18(24-4)12-14-19/h7-14H,5-6,15H2,1-4H3,(H,22,23). The van der Waals surface area contributed by atoms with Gasteiger partial charge in [0.1, 0.15) is 11.5 Å². The van der Waals surface area contributed by atoms with Crippen molar-refractivity contribution in [3.05, 3.63) is 54.1 Å². The SMILES string of the molecule is COc1ccc(OCCCC(=O)Nc2ccc(C(C)(C)C)cc2)cc1. The summed E-state index contributed by atoms with van der Waals surface area (Å²) in [6.45, 7) is 7.01. The number of hydrogen-bond acceptors (Lipinski definition) is 3. The minimum Gasteiger partial charge on any atom is -0.497 e. The summed E-state index contributed by atoms with van der Waals surface area (Å²) in [5, 5.41) is 2.92. The van der Waals surface area contributed by atoms with Gasteiger partial charge in [0.15, 0.2) is 0 Å². The Morgan fingerprint density at radius 3 is 2.12 bits per heavy atom. The van der Waals surface area contributed by atoms with Crippen molar-refractivity contribution in [1.29, 1.82) is 0 Å². The number of rotatable bonds is 7. The van der Waals surface area contributed by atoms with Crippen LogP contribution < -0.4 is 14.8 Å². The van der Waals surface area contributed by atoms with Gasteiger partial charge in [-0.1, -0.05) is 32.9 Å². The third kappa shape index (κ3) is 6.14. The van der Waals surface area contributed by atoms with E-state index in [1.54, 1.807) is 7.11 Å². The zero-order valence-electron chi connectivity index (χ0n) is 15.5. The molecule has 2 aromatic carbocycles. The first-order valence-corrected chi connectivity index (χ1v) is 8.56. The van der Waals surface area contributed by atoms with Gasteiger partial charge in [-0.2, -0.15) is 0 Å². The van der Waals surface area contributed by atoms with Gasteiger partial charge in [-0.15, -0.1) is 0 Å². The van der Waals surface area contributed by atoms with Crippen LogP contribution in [0, 0.1) is 0 Å². The van der Waals surface area contributed by atoms with Gasteiger partial charge >= 0.3 is 0 Å². The molecule has 0 radical (unpaired) electrons. The van der Waals surface area contributed by atoms with Gasteiger partial charge in [-0.25, -0.2) is 0 Å². The van der Waals surface area contributed by atoms with Crippen molar-refractivity contribution in [1.82, 2.24) is 0 Å². The van der Waals surface area contributed by atoms with Crippen LogP contribution in [0.2, 0.25) is 0 Å². The lowest BCUT2D eigenvalue weighted by atomic mass is 9.87. The molecule has 2 aromatic rings. The Bertz CT molecular complexity index is 670. The predicted molar refractivity (Wildman–Crippen MR) is 101 cm³/mol. The molecule has 0 heterocycles. The number of carbonyl (C=O) groups excluding carboxylic acids is 1. The summed E-state index contributed by atoms with van der Waals surface area (Å²) >= 11 is 0. The van der Waals surface area contributed by atoms with E-state index in [4.69, 9.17) is 9.47 Å². The number of hydrogen-bond donors (Lipinski definition) is 1. The van der Waals surface area contributed by atoms with Crippen molar-refractivity contribution in [2.45, 2.75) is 39.0 Å². The molecule has 0 saturated carbocycles. The van der Waals surface area contributed by atoms with Crippen LogP contribution in [0.5, 0.6) is 11.5 Å². The highest BCUT2D eigenvalue weighted by atomic mass is 16.5. The molecule has 0 aliphatic rings. The number of anilines is 1. The number of methoxy groups -OCH3 is 1. The maximum Gasteiger partial charge on any atom is 0.224 e. The van der Waals surface area contributed by atoms with Crippen molar-refractivity contribution in [2.75, 3.05) is 19.0 Å². The second kappa shape index (κ2) is 8.56. The molecule has 4 heteroatoms. The lowest BCUT2D eigenvalue weighted by molar-refractivity contribution is -0.116. The Morgan fingerprint density at radius 1 is 0.960 bits per heavy atom. The third-order valence-corrected chi connectivity index (χ3v) is 3.91. The number of carbonyl (C=O) groups is 1. The molecule has 0 atom stereocenters. The van der Waals surface area contributed by atoms with Crippen LogP contribution >= 0.6 is 0 Å². The van der Waals surface area contributed by atoms with E-state index in [9.17, 15) is 4.79 Å². The van der Waals surface area contributed by atoms with Gasteiger partial charge in [0.2, 0.25) is 5.91 Å². The van der Waals surface area contributed by atoms with Crippen LogP contribution in [0.3, 0.4) is 0 Å². The van der Waals surface area contributed by atoms with E-state index in [-0.39, 0.29) is 11.3 Å². The van der Waals surface area contributed by atoms with Gasteiger partial charge < -0.3 is 14.8 Å². The molecular formula is C21H27NO3. The summed E-state index contributed by atoms with van der Waals surface area (Å²) in [5.74, 6) is 1.57. The first kappa shape index (κ1) is 18.8. The van der Waals surface area contributed by atoms with Gasteiger partial charge in [-0.3, -0.25) is 4.79 Å². The maximum atomic E-state index is 12.0. The fourth-order valence-corrected chi connectivity index (χ4v) is 2.37. The van der Waals surface area contributed by atoms with Crippen LogP contribution in [-0.4, -0.2) is 19.6 Å². The molecule has 0 fully saturated rings. The van der Waals surface area contributed by atoms with E-state index in [2.05, 4.69) is 38.2 Å². The fraction of sp³-hybridized carbons (Fsp3) is 0.381. The van der Waals surface area contributed by atoms with Gasteiger partial charge in [0.25, 0.3) is 0 Å². The summed E-state index contributed by atoms with van der Waals surface area (Å²) in [6, 6.07) is 15.4. The molecule has 1 amide bonds. The van der Waals surface area contributed by atoms with Crippen molar-refractivity contribution >= 4 is 11.6 Å². The Labute approximate surface area is 150 Å². The highest BCUT2D eigenvalue weighted by Crippen LogP contribution is 2.23. The van der Waals surface area contributed by atoms with E-state index in [1.165, 1.54) is 5.56 Å². The van der Waals surface area contributed by atoms with Gasteiger partial charge in [0.05, 0.1) is 13.7 Å². The number of amides is 1. The molecule has 134 valence electrons. The number of ether oxygens (including phenoxy) is 2. The molecule has 0 aliphatic carbocycles. The Kier molecular flexibility index (Phi) is 6.45. The topological polar surface area (TPSA) is 47.6 Å². The monoisotopic (exact) mass is 341 g/mol. The predicted octanol–water partition coefficient (Wildman–Crippen LogP) is 4.79. The zero-order valence-corrected chi connectivity index (χ0v) is 15.5. The molecule has 1 N–H and O–H groups in total. The largest absolute Gasteiger partial charge is 0.497 e. The first-order chi connectivity index (χ1) is 11.9. The Hall–Kier alpha value is -2.49. The fourth-order valence-electron chi connectivity index (χ4n) is 2.37. The zero-order chi connectivity index (χ0) is 18.3. The van der Waals surface area contributed by atoms with E-state index in [0.717, 1.165) is 17.2 Å². The van der Waals surface area contributed by atoms with E-state index >= 15 is 0 Å². The normalized spacial score (nSPS) is 11.0. The molecular weight excluding hydrogens is 314 g/mol. The quantitative estimate of drug-likeness (QED) is 0.737. The molecule has 25 heavy (non-hydrogen) atoms. The molecule has 0 bridgehead atoms. The summed E-state index contributed by atoms with van der Waals surface area (Å²) in [7, 11) is 1.63. The molecule has 0 unspecified atom stereocenters.